The van der Waals surface area contributed by atoms with Crippen LogP contribution in [0.15, 0.2) is 52.9 Å². The van der Waals surface area contributed by atoms with Gasteiger partial charge in [-0.3, -0.25) is 9.59 Å². The summed E-state index contributed by atoms with van der Waals surface area (Å²) in [6, 6.07) is 16.0. The van der Waals surface area contributed by atoms with E-state index >= 15 is 0 Å². The van der Waals surface area contributed by atoms with E-state index in [1.54, 1.807) is 6.92 Å². The average molecular weight is 461 g/mol. The fourth-order valence-corrected chi connectivity index (χ4v) is 5.35. The number of ether oxygens (including phenoxy) is 1. The Morgan fingerprint density at radius 2 is 1.74 bits per heavy atom. The van der Waals surface area contributed by atoms with Crippen LogP contribution in [0.1, 0.15) is 60.3 Å². The summed E-state index contributed by atoms with van der Waals surface area (Å²) in [5.41, 5.74) is 3.87. The lowest BCUT2D eigenvalue weighted by molar-refractivity contribution is -0.140. The number of carbonyl (C=O) groups is 2. The fraction of sp³-hybridized carbons (Fsp3) is 0.370. The Kier molecular flexibility index (Phi) is 5.52. The molecule has 5 rings (SSSR count). The highest BCUT2D eigenvalue weighted by molar-refractivity contribution is 6.03. The van der Waals surface area contributed by atoms with E-state index in [4.69, 9.17) is 9.15 Å². The van der Waals surface area contributed by atoms with Gasteiger partial charge < -0.3 is 19.6 Å². The van der Waals surface area contributed by atoms with Gasteiger partial charge in [-0.25, -0.2) is 4.98 Å². The van der Waals surface area contributed by atoms with Gasteiger partial charge in [0.05, 0.1) is 24.3 Å². The summed E-state index contributed by atoms with van der Waals surface area (Å²) in [4.78, 5) is 28.1. The van der Waals surface area contributed by atoms with Crippen LogP contribution >= 0.6 is 0 Å². The van der Waals surface area contributed by atoms with Gasteiger partial charge in [-0.15, -0.1) is 0 Å². The first-order valence-corrected chi connectivity index (χ1v) is 11.7. The fourth-order valence-electron chi connectivity index (χ4n) is 5.35. The van der Waals surface area contributed by atoms with Gasteiger partial charge in [0.15, 0.2) is 5.89 Å². The lowest BCUT2D eigenvalue weighted by Crippen LogP contribution is -2.26. The van der Waals surface area contributed by atoms with Crippen molar-refractivity contribution in [3.05, 3.63) is 71.4 Å². The molecule has 2 aromatic carbocycles. The van der Waals surface area contributed by atoms with Crippen LogP contribution in [0.3, 0.4) is 0 Å². The van der Waals surface area contributed by atoms with Crippen LogP contribution in [0.25, 0.3) is 11.1 Å². The van der Waals surface area contributed by atoms with Crippen molar-refractivity contribution < 1.29 is 23.8 Å². The molecule has 0 radical (unpaired) electrons. The molecule has 1 saturated heterocycles. The lowest BCUT2D eigenvalue weighted by Gasteiger charge is -2.28. The van der Waals surface area contributed by atoms with E-state index in [0.29, 0.717) is 30.3 Å². The number of aliphatic carboxylic acids is 1. The minimum absolute atomic E-state index is 0.172. The highest BCUT2D eigenvalue weighted by Crippen LogP contribution is 2.59. The third-order valence-corrected chi connectivity index (χ3v) is 7.14. The molecule has 2 atom stereocenters. The number of carboxylic acid groups (broad SMARTS) is 1. The van der Waals surface area contributed by atoms with E-state index in [9.17, 15) is 14.7 Å². The molecule has 0 spiro atoms. The van der Waals surface area contributed by atoms with E-state index in [1.807, 2.05) is 31.2 Å². The molecule has 7 nitrogen and oxygen atoms in total. The van der Waals surface area contributed by atoms with Crippen LogP contribution in [0, 0.1) is 12.3 Å². The second-order valence-electron chi connectivity index (χ2n) is 9.51. The van der Waals surface area contributed by atoms with Crippen LogP contribution in [0.5, 0.6) is 0 Å². The molecule has 2 heterocycles. The summed E-state index contributed by atoms with van der Waals surface area (Å²) in [7, 11) is 0. The van der Waals surface area contributed by atoms with Gasteiger partial charge in [0, 0.05) is 17.5 Å². The smallest absolute Gasteiger partial charge is 0.303 e. The van der Waals surface area contributed by atoms with Gasteiger partial charge >= 0.3 is 5.97 Å². The summed E-state index contributed by atoms with van der Waals surface area (Å²) in [5.74, 6) is -0.274. The van der Waals surface area contributed by atoms with Gasteiger partial charge in [-0.05, 0) is 55.0 Å². The maximum atomic E-state index is 12.5. The minimum Gasteiger partial charge on any atom is -0.481 e. The summed E-state index contributed by atoms with van der Waals surface area (Å²) in [5, 5.41) is 12.1. The second kappa shape index (κ2) is 8.40. The number of oxazole rings is 1. The minimum atomic E-state index is -0.752. The number of benzene rings is 2. The molecule has 1 aliphatic carbocycles. The van der Waals surface area contributed by atoms with Crippen molar-refractivity contribution in [2.24, 2.45) is 5.41 Å². The van der Waals surface area contributed by atoms with Crippen molar-refractivity contribution in [1.82, 2.24) is 4.98 Å². The van der Waals surface area contributed by atoms with Crippen LogP contribution < -0.4 is 5.32 Å². The number of hydrogen-bond acceptors (Lipinski definition) is 5. The first-order valence-electron chi connectivity index (χ1n) is 11.7. The van der Waals surface area contributed by atoms with Crippen molar-refractivity contribution >= 4 is 17.6 Å². The molecule has 2 bridgehead atoms. The van der Waals surface area contributed by atoms with Crippen molar-refractivity contribution in [2.45, 2.75) is 51.6 Å². The largest absolute Gasteiger partial charge is 0.481 e. The topological polar surface area (TPSA) is 102 Å². The average Bonchev–Trinajstić information content (AvgIpc) is 3.51. The number of amides is 1. The normalized spacial score (nSPS) is 23.2. The Morgan fingerprint density at radius 1 is 1.06 bits per heavy atom. The van der Waals surface area contributed by atoms with E-state index in [1.165, 1.54) is 0 Å². The van der Waals surface area contributed by atoms with Crippen molar-refractivity contribution in [2.75, 3.05) is 11.9 Å². The molecular weight excluding hydrogens is 432 g/mol. The predicted octanol–water partition coefficient (Wildman–Crippen LogP) is 5.34. The number of nitrogens with one attached hydrogen (secondary N) is 1. The first-order chi connectivity index (χ1) is 16.3. The molecule has 34 heavy (non-hydrogen) atoms. The lowest BCUT2D eigenvalue weighted by atomic mass is 9.83. The maximum absolute atomic E-state index is 12.5. The molecule has 2 fully saturated rings. The Balaban J connectivity index is 1.27. The van der Waals surface area contributed by atoms with Crippen LogP contribution in [-0.4, -0.2) is 28.6 Å². The molecule has 2 unspecified atom stereocenters. The van der Waals surface area contributed by atoms with Crippen LogP contribution in [0.4, 0.5) is 5.69 Å². The van der Waals surface area contributed by atoms with E-state index in [-0.39, 0.29) is 29.1 Å². The van der Waals surface area contributed by atoms with Gasteiger partial charge in [-0.2, -0.15) is 0 Å². The summed E-state index contributed by atoms with van der Waals surface area (Å²) >= 11 is 0. The predicted molar refractivity (Wildman–Crippen MR) is 127 cm³/mol. The molecular formula is C27H28N2O5. The van der Waals surface area contributed by atoms with E-state index < -0.39 is 5.97 Å². The molecule has 3 aromatic rings. The zero-order valence-corrected chi connectivity index (χ0v) is 19.4. The van der Waals surface area contributed by atoms with Crippen molar-refractivity contribution in [3.63, 3.8) is 0 Å². The molecule has 1 amide bonds. The monoisotopic (exact) mass is 460 g/mol. The Morgan fingerprint density at radius 3 is 2.29 bits per heavy atom. The number of hydrogen-bond donors (Lipinski definition) is 2. The molecule has 176 valence electrons. The molecule has 1 saturated carbocycles. The third-order valence-electron chi connectivity index (χ3n) is 7.14. The number of aromatic nitrogens is 1. The maximum Gasteiger partial charge on any atom is 0.303 e. The van der Waals surface area contributed by atoms with Gasteiger partial charge in [0.1, 0.15) is 0 Å². The molecule has 1 aromatic heterocycles. The zero-order valence-electron chi connectivity index (χ0n) is 19.4. The standard InChI is InChI=1S/C27H28N2O5/c1-3-22-28-17(2)24(34-22)25(32)29-21-10-6-19(7-11-21)18-4-8-20(9-5-18)27-13-12-26(15-27,16-33-27)14-23(30)31/h4-11H,3,12-16H2,1-2H3,(H,29,32)(H,30,31). The van der Waals surface area contributed by atoms with Crippen molar-refractivity contribution in [3.8, 4) is 11.1 Å². The molecule has 2 N–H and O–H groups in total. The summed E-state index contributed by atoms with van der Waals surface area (Å²) in [6.45, 7) is 4.21. The van der Waals surface area contributed by atoms with Gasteiger partial charge in [0.25, 0.3) is 5.91 Å². The van der Waals surface area contributed by atoms with E-state index in [2.05, 4.69) is 34.6 Å². The molecule has 2 aliphatic rings. The highest BCUT2D eigenvalue weighted by Gasteiger charge is 2.57. The van der Waals surface area contributed by atoms with Gasteiger partial charge in [-0.1, -0.05) is 43.3 Å². The highest BCUT2D eigenvalue weighted by atomic mass is 16.5. The molecule has 1 aliphatic heterocycles. The second-order valence-corrected chi connectivity index (χ2v) is 9.51. The Hall–Kier alpha value is -3.45. The van der Waals surface area contributed by atoms with Crippen LogP contribution in [0.2, 0.25) is 0 Å². The number of nitrogens with zero attached hydrogens (tertiary/aromatic N) is 1. The van der Waals surface area contributed by atoms with E-state index in [0.717, 1.165) is 36.0 Å². The number of carboxylic acids is 1. The SMILES string of the molecule is CCc1nc(C)c(C(=O)Nc2ccc(-c3ccc(C45CCC(CC(=O)O)(CO4)C5)cc3)cc2)o1. The number of carbonyl (C=O) groups excluding carboxylic acids is 1. The summed E-state index contributed by atoms with van der Waals surface area (Å²) in [6.07, 6.45) is 3.33. The number of fused-ring (bicyclic) bond motifs is 2. The van der Waals surface area contributed by atoms with Crippen LogP contribution in [-0.2, 0) is 21.6 Å². The third kappa shape index (κ3) is 4.01. The zero-order chi connectivity index (χ0) is 23.9. The number of aryl methyl sites for hydroxylation is 2. The van der Waals surface area contributed by atoms with Gasteiger partial charge in [0.2, 0.25) is 5.76 Å². The molecule has 7 heteroatoms. The summed E-state index contributed by atoms with van der Waals surface area (Å²) < 4.78 is 11.7. The quantitative estimate of drug-likeness (QED) is 0.494. The number of rotatable bonds is 7. The first kappa shape index (κ1) is 22.3. The number of anilines is 1. The van der Waals surface area contributed by atoms with Crippen molar-refractivity contribution in [1.29, 1.82) is 0 Å². The Bertz CT molecular complexity index is 1220. The Labute approximate surface area is 198 Å².